The van der Waals surface area contributed by atoms with E-state index in [2.05, 4.69) is 71.5 Å². The van der Waals surface area contributed by atoms with E-state index in [-0.39, 0.29) is 47.7 Å². The fourth-order valence-corrected chi connectivity index (χ4v) is 11.2. The zero-order valence-electron chi connectivity index (χ0n) is 43.6. The summed E-state index contributed by atoms with van der Waals surface area (Å²) in [5, 5.41) is 20.1. The summed E-state index contributed by atoms with van der Waals surface area (Å²) in [5.74, 6) is 0.942. The van der Waals surface area contributed by atoms with E-state index < -0.39 is 6.10 Å². The quantitative estimate of drug-likeness (QED) is 0.106. The molecule has 5 aliphatic rings. The summed E-state index contributed by atoms with van der Waals surface area (Å²) in [7, 11) is 0. The minimum atomic E-state index is -0.561. The molecule has 1 aliphatic carbocycles. The van der Waals surface area contributed by atoms with Gasteiger partial charge in [0.15, 0.2) is 5.69 Å². The van der Waals surface area contributed by atoms with Crippen molar-refractivity contribution in [3.63, 3.8) is 0 Å². The molecule has 4 fully saturated rings. The van der Waals surface area contributed by atoms with Gasteiger partial charge in [-0.2, -0.15) is 0 Å². The van der Waals surface area contributed by atoms with Crippen molar-refractivity contribution >= 4 is 35.1 Å². The summed E-state index contributed by atoms with van der Waals surface area (Å²) < 4.78 is 5.47. The lowest BCUT2D eigenvalue weighted by Gasteiger charge is -2.38. The van der Waals surface area contributed by atoms with Crippen molar-refractivity contribution in [3.05, 3.63) is 101 Å². The first kappa shape index (κ1) is 53.0. The minimum absolute atomic E-state index is 0.00274. The molecule has 0 spiro atoms. The number of pyridine rings is 1. The first-order valence-corrected chi connectivity index (χ1v) is 27.0. The first-order valence-electron chi connectivity index (χ1n) is 27.0. The number of likely N-dealkylation sites (tertiary alicyclic amines) is 1. The average molecular weight is 1010 g/mol. The molecular weight excluding hydrogens is 937 g/mol. The van der Waals surface area contributed by atoms with Crippen molar-refractivity contribution in [2.45, 2.75) is 64.4 Å². The van der Waals surface area contributed by atoms with Crippen molar-refractivity contribution in [1.82, 2.24) is 50.1 Å². The molecule has 396 valence electrons. The highest BCUT2D eigenvalue weighted by atomic mass is 16.5. The van der Waals surface area contributed by atoms with E-state index in [1.165, 1.54) is 11.9 Å². The van der Waals surface area contributed by atoms with Crippen LogP contribution < -0.4 is 20.9 Å². The van der Waals surface area contributed by atoms with Crippen LogP contribution >= 0.6 is 0 Å². The number of hydrogen-bond donors (Lipinski definition) is 4. The van der Waals surface area contributed by atoms with Gasteiger partial charge in [-0.15, -0.1) is 0 Å². The number of piperidine rings is 1. The van der Waals surface area contributed by atoms with Crippen LogP contribution in [0.2, 0.25) is 0 Å². The number of aryl methyl sites for hydroxylation is 2. The summed E-state index contributed by atoms with van der Waals surface area (Å²) in [6, 6.07) is 18.3. The molecule has 4 N–H and O–H groups in total. The zero-order chi connectivity index (χ0) is 51.6. The number of aliphatic hydroxyl groups is 1. The Kier molecular flexibility index (Phi) is 18.0. The van der Waals surface area contributed by atoms with E-state index in [4.69, 9.17) is 9.72 Å². The largest absolute Gasteiger partial charge is 0.387 e. The molecule has 0 saturated carbocycles. The van der Waals surface area contributed by atoms with E-state index in [1.807, 2.05) is 59.2 Å². The van der Waals surface area contributed by atoms with Crippen molar-refractivity contribution < 1.29 is 29.0 Å². The maximum Gasteiger partial charge on any atom is 0.274 e. The van der Waals surface area contributed by atoms with Crippen LogP contribution in [-0.4, -0.2) is 199 Å². The van der Waals surface area contributed by atoms with Crippen LogP contribution in [0.25, 0.3) is 11.1 Å². The lowest BCUT2D eigenvalue weighted by Crippen LogP contribution is -2.51. The molecule has 4 aromatic rings. The van der Waals surface area contributed by atoms with E-state index >= 15 is 0 Å². The normalized spacial score (nSPS) is 20.6. The van der Waals surface area contributed by atoms with Gasteiger partial charge in [-0.3, -0.25) is 33.9 Å². The van der Waals surface area contributed by atoms with Gasteiger partial charge in [0.25, 0.3) is 5.91 Å². The second-order valence-corrected chi connectivity index (χ2v) is 20.9. The van der Waals surface area contributed by atoms with Gasteiger partial charge in [0, 0.05) is 109 Å². The summed E-state index contributed by atoms with van der Waals surface area (Å²) in [6.45, 7) is 18.7. The van der Waals surface area contributed by atoms with Gasteiger partial charge in [-0.05, 0) is 80.3 Å². The fraction of sp³-hybridized carbons (Fsp3) is 0.554. The van der Waals surface area contributed by atoms with Gasteiger partial charge in [-0.25, -0.2) is 15.0 Å². The Bertz CT molecular complexity index is 2550. The number of aromatic nitrogens is 3. The van der Waals surface area contributed by atoms with E-state index in [9.17, 15) is 24.3 Å². The number of anilines is 2. The van der Waals surface area contributed by atoms with Crippen LogP contribution in [0.1, 0.15) is 89.5 Å². The van der Waals surface area contributed by atoms with Crippen molar-refractivity contribution in [3.8, 4) is 11.1 Å². The van der Waals surface area contributed by atoms with Crippen LogP contribution in [0.15, 0.2) is 67.1 Å². The molecule has 18 nitrogen and oxygen atoms in total. The molecule has 2 aromatic carbocycles. The fourth-order valence-electron chi connectivity index (χ4n) is 11.2. The van der Waals surface area contributed by atoms with Crippen LogP contribution in [0.3, 0.4) is 0 Å². The Morgan fingerprint density at radius 1 is 0.770 bits per heavy atom. The van der Waals surface area contributed by atoms with Crippen LogP contribution in [0.5, 0.6) is 0 Å². The predicted molar refractivity (Wildman–Crippen MR) is 285 cm³/mol. The number of nitrogens with one attached hydrogen (secondary N) is 3. The number of hydrogen-bond acceptors (Lipinski definition) is 14. The number of fused-ring (bicyclic) bond motifs is 1. The molecule has 74 heavy (non-hydrogen) atoms. The van der Waals surface area contributed by atoms with E-state index in [0.717, 1.165) is 91.3 Å². The van der Waals surface area contributed by atoms with Crippen LogP contribution in [0.4, 0.5) is 11.5 Å². The summed E-state index contributed by atoms with van der Waals surface area (Å²) in [4.78, 5) is 81.2. The standard InChI is InChI=1S/C56H76N12O6/c1-4-41-6-5-7-44(31-41)45-32-47(62-50(71)37-65-26-28-74-29-27-65)52(59-33-45)56(73)68-20-18-64(19-21-68)35-42-12-16-63(17-13-42)36-49(70)58-15-14-57-34-46(43-10-8-39(2)9-11-43)55(72)67-24-22-66(23-25-67)54-51-40(3)30-48(69)53(51)60-38-61-54/h5-11,31-33,38,40,42,46,48,57,69H,4,12-30,34-37H2,1-3H3,(H,58,70)(H,62,71)/t40-,46-,48-/m1/s1. The molecular formula is C56H76N12O6. The molecule has 0 bridgehead atoms. The molecule has 4 amide bonds. The van der Waals surface area contributed by atoms with Gasteiger partial charge in [0.2, 0.25) is 17.7 Å². The molecule has 0 radical (unpaired) electrons. The lowest BCUT2D eigenvalue weighted by molar-refractivity contribution is -0.133. The number of carbonyl (C=O) groups is 4. The minimum Gasteiger partial charge on any atom is -0.387 e. The number of aliphatic hydroxyl groups excluding tert-OH is 1. The smallest absolute Gasteiger partial charge is 0.274 e. The van der Waals surface area contributed by atoms with E-state index in [1.54, 1.807) is 6.20 Å². The molecule has 3 atom stereocenters. The Morgan fingerprint density at radius 3 is 2.23 bits per heavy atom. The maximum absolute atomic E-state index is 14.2. The SMILES string of the molecule is CCc1cccc(-c2cnc(C(=O)N3CCN(CC4CCN(CC(=O)NCCNC[C@@H](C(=O)N5CCN(c6ncnc7c6[C@H](C)C[C@H]7O)CC5)c5ccc(C)cc5)CC4)CC3)c(NC(=O)CN3CCOCC3)c2)c1. The molecule has 18 heteroatoms. The average Bonchev–Trinajstić information content (AvgIpc) is 3.72. The Hall–Kier alpha value is -5.89. The number of nitrogens with zero attached hydrogens (tertiary/aromatic N) is 9. The van der Waals surface area contributed by atoms with Crippen molar-refractivity contribution in [2.24, 2.45) is 5.92 Å². The Morgan fingerprint density at radius 2 is 1.49 bits per heavy atom. The maximum atomic E-state index is 14.2. The molecule has 2 aromatic heterocycles. The third kappa shape index (κ3) is 13.3. The zero-order valence-corrected chi connectivity index (χ0v) is 43.6. The highest BCUT2D eigenvalue weighted by molar-refractivity contribution is 6.03. The van der Waals surface area contributed by atoms with Crippen LogP contribution in [-0.2, 0) is 25.5 Å². The second kappa shape index (κ2) is 25.1. The number of ether oxygens (including phenoxy) is 1. The Balaban J connectivity index is 0.691. The lowest BCUT2D eigenvalue weighted by atomic mass is 9.96. The summed E-state index contributed by atoms with van der Waals surface area (Å²) >= 11 is 0. The predicted octanol–water partition coefficient (Wildman–Crippen LogP) is 3.53. The third-order valence-corrected chi connectivity index (χ3v) is 15.7. The molecule has 4 aliphatic heterocycles. The third-order valence-electron chi connectivity index (χ3n) is 15.7. The van der Waals surface area contributed by atoms with Crippen molar-refractivity contribution in [2.75, 3.05) is 141 Å². The highest BCUT2D eigenvalue weighted by Crippen LogP contribution is 2.43. The number of rotatable bonds is 18. The van der Waals surface area contributed by atoms with Gasteiger partial charge in [-0.1, -0.05) is 67.9 Å². The van der Waals surface area contributed by atoms with Crippen LogP contribution in [0, 0.1) is 12.8 Å². The van der Waals surface area contributed by atoms with Gasteiger partial charge < -0.3 is 40.5 Å². The molecule has 0 unspecified atom stereocenters. The van der Waals surface area contributed by atoms with Gasteiger partial charge in [0.1, 0.15) is 12.1 Å². The van der Waals surface area contributed by atoms with E-state index in [0.29, 0.717) is 110 Å². The number of benzene rings is 2. The number of morpholine rings is 1. The number of amides is 4. The molecule has 6 heterocycles. The topological polar surface area (TPSA) is 192 Å². The first-order chi connectivity index (χ1) is 36.0. The highest BCUT2D eigenvalue weighted by Gasteiger charge is 2.36. The van der Waals surface area contributed by atoms with Gasteiger partial charge >= 0.3 is 0 Å². The molecule has 9 rings (SSSR count). The monoisotopic (exact) mass is 1010 g/mol. The molecule has 4 saturated heterocycles. The van der Waals surface area contributed by atoms with Gasteiger partial charge in [0.05, 0.1) is 49.7 Å². The summed E-state index contributed by atoms with van der Waals surface area (Å²) in [6.07, 6.45) is 6.29. The Labute approximate surface area is 436 Å². The van der Waals surface area contributed by atoms with Crippen molar-refractivity contribution in [1.29, 1.82) is 0 Å². The number of carbonyl (C=O) groups excluding carboxylic acids is 4. The number of piperazine rings is 2. The second-order valence-electron chi connectivity index (χ2n) is 20.9. The summed E-state index contributed by atoms with van der Waals surface area (Å²) in [5.41, 5.74) is 7.60.